The molecule has 0 amide bonds. The second kappa shape index (κ2) is 4.45. The van der Waals surface area contributed by atoms with Gasteiger partial charge in [0.2, 0.25) is 0 Å². The molecule has 3 rings (SSSR count). The SMILES string of the molecule is CCc1ccc(-c2ccccc2)c2c1CC(C)=C2. The Morgan fingerprint density at radius 1 is 1.00 bits per heavy atom. The summed E-state index contributed by atoms with van der Waals surface area (Å²) in [5, 5.41) is 0. The molecule has 2 aromatic rings. The molecular formula is C18H18. The molecule has 1 aliphatic rings. The second-order valence-corrected chi connectivity index (χ2v) is 5.05. The second-order valence-electron chi connectivity index (χ2n) is 5.05. The first-order valence-electron chi connectivity index (χ1n) is 6.67. The van der Waals surface area contributed by atoms with Crippen LogP contribution in [0.25, 0.3) is 17.2 Å². The summed E-state index contributed by atoms with van der Waals surface area (Å²) in [5.41, 5.74) is 8.65. The monoisotopic (exact) mass is 234 g/mol. The maximum absolute atomic E-state index is 2.36. The third-order valence-electron chi connectivity index (χ3n) is 3.77. The molecule has 2 aromatic carbocycles. The van der Waals surface area contributed by atoms with Crippen LogP contribution in [0.2, 0.25) is 0 Å². The molecule has 18 heavy (non-hydrogen) atoms. The first kappa shape index (κ1) is 11.3. The molecule has 90 valence electrons. The first-order valence-corrected chi connectivity index (χ1v) is 6.67. The van der Waals surface area contributed by atoms with Gasteiger partial charge in [-0.2, -0.15) is 0 Å². The summed E-state index contributed by atoms with van der Waals surface area (Å²) in [5.74, 6) is 0. The Kier molecular flexibility index (Phi) is 2.79. The molecule has 0 nitrogen and oxygen atoms in total. The Hall–Kier alpha value is -1.82. The predicted molar refractivity (Wildman–Crippen MR) is 78.6 cm³/mol. The molecule has 0 saturated heterocycles. The van der Waals surface area contributed by atoms with Gasteiger partial charge in [0, 0.05) is 0 Å². The molecule has 0 heterocycles. The van der Waals surface area contributed by atoms with Crippen molar-refractivity contribution in [2.75, 3.05) is 0 Å². The van der Waals surface area contributed by atoms with Crippen LogP contribution in [0.4, 0.5) is 0 Å². The van der Waals surface area contributed by atoms with Crippen molar-refractivity contribution in [2.45, 2.75) is 26.7 Å². The lowest BCUT2D eigenvalue weighted by Gasteiger charge is -2.12. The molecule has 0 unspecified atom stereocenters. The Balaban J connectivity index is 2.21. The Bertz CT molecular complexity index is 603. The fourth-order valence-corrected chi connectivity index (χ4v) is 2.86. The summed E-state index contributed by atoms with van der Waals surface area (Å²) in [6.07, 6.45) is 4.61. The van der Waals surface area contributed by atoms with Gasteiger partial charge in [-0.15, -0.1) is 0 Å². The van der Waals surface area contributed by atoms with Crippen LogP contribution in [0.15, 0.2) is 48.0 Å². The summed E-state index contributed by atoms with van der Waals surface area (Å²) in [4.78, 5) is 0. The van der Waals surface area contributed by atoms with Gasteiger partial charge in [-0.3, -0.25) is 0 Å². The van der Waals surface area contributed by atoms with E-state index in [1.807, 2.05) is 0 Å². The fourth-order valence-electron chi connectivity index (χ4n) is 2.86. The average Bonchev–Trinajstić information content (AvgIpc) is 2.80. The molecule has 0 aromatic heterocycles. The van der Waals surface area contributed by atoms with Gasteiger partial charge in [-0.05, 0) is 47.6 Å². The van der Waals surface area contributed by atoms with Gasteiger partial charge in [-0.1, -0.05) is 61.0 Å². The molecule has 0 spiro atoms. The average molecular weight is 234 g/mol. The van der Waals surface area contributed by atoms with Crippen molar-refractivity contribution < 1.29 is 0 Å². The van der Waals surface area contributed by atoms with Gasteiger partial charge in [-0.25, -0.2) is 0 Å². The van der Waals surface area contributed by atoms with E-state index in [9.17, 15) is 0 Å². The lowest BCUT2D eigenvalue weighted by molar-refractivity contribution is 1.07. The van der Waals surface area contributed by atoms with Gasteiger partial charge < -0.3 is 0 Å². The maximum Gasteiger partial charge on any atom is -0.00576 e. The van der Waals surface area contributed by atoms with Gasteiger partial charge >= 0.3 is 0 Å². The number of aryl methyl sites for hydroxylation is 1. The molecular weight excluding hydrogens is 216 g/mol. The van der Waals surface area contributed by atoms with Crippen LogP contribution in [0, 0.1) is 0 Å². The number of fused-ring (bicyclic) bond motifs is 1. The van der Waals surface area contributed by atoms with Gasteiger partial charge in [0.1, 0.15) is 0 Å². The molecule has 0 N–H and O–H groups in total. The van der Waals surface area contributed by atoms with Crippen LogP contribution in [-0.4, -0.2) is 0 Å². The Morgan fingerprint density at radius 2 is 1.78 bits per heavy atom. The zero-order valence-corrected chi connectivity index (χ0v) is 11.0. The largest absolute Gasteiger partial charge is 0.0683 e. The molecule has 0 saturated carbocycles. The van der Waals surface area contributed by atoms with Crippen molar-refractivity contribution in [1.82, 2.24) is 0 Å². The van der Waals surface area contributed by atoms with Crippen molar-refractivity contribution in [3.8, 4) is 11.1 Å². The van der Waals surface area contributed by atoms with E-state index in [1.54, 1.807) is 0 Å². The van der Waals surface area contributed by atoms with Crippen molar-refractivity contribution >= 4 is 6.08 Å². The molecule has 0 atom stereocenters. The van der Waals surface area contributed by atoms with Crippen LogP contribution in [0.3, 0.4) is 0 Å². The molecule has 1 aliphatic carbocycles. The molecule has 0 radical (unpaired) electrons. The highest BCUT2D eigenvalue weighted by Gasteiger charge is 2.17. The van der Waals surface area contributed by atoms with Crippen molar-refractivity contribution in [3.05, 3.63) is 64.7 Å². The van der Waals surface area contributed by atoms with Crippen LogP contribution in [0.5, 0.6) is 0 Å². The fraction of sp³-hybridized carbons (Fsp3) is 0.222. The third-order valence-corrected chi connectivity index (χ3v) is 3.77. The minimum Gasteiger partial charge on any atom is -0.0683 e. The topological polar surface area (TPSA) is 0 Å². The predicted octanol–water partition coefficient (Wildman–Crippen LogP) is 4.88. The number of benzene rings is 2. The van der Waals surface area contributed by atoms with Crippen molar-refractivity contribution in [1.29, 1.82) is 0 Å². The summed E-state index contributed by atoms with van der Waals surface area (Å²) in [6, 6.07) is 15.3. The van der Waals surface area contributed by atoms with Gasteiger partial charge in [0.05, 0.1) is 0 Å². The molecule has 0 aliphatic heterocycles. The Morgan fingerprint density at radius 3 is 2.50 bits per heavy atom. The third kappa shape index (κ3) is 1.78. The zero-order chi connectivity index (χ0) is 12.5. The quantitative estimate of drug-likeness (QED) is 0.695. The van der Waals surface area contributed by atoms with Crippen molar-refractivity contribution in [3.63, 3.8) is 0 Å². The van der Waals surface area contributed by atoms with Crippen LogP contribution >= 0.6 is 0 Å². The highest BCUT2D eigenvalue weighted by molar-refractivity contribution is 5.81. The standard InChI is InChI=1S/C18H18/c1-3-14-9-10-16(15-7-5-4-6-8-15)18-12-13(2)11-17(14)18/h4-10,12H,3,11H2,1-2H3. The summed E-state index contributed by atoms with van der Waals surface area (Å²) in [7, 11) is 0. The number of hydrogen-bond donors (Lipinski definition) is 0. The van der Waals surface area contributed by atoms with Crippen LogP contribution in [-0.2, 0) is 12.8 Å². The van der Waals surface area contributed by atoms with E-state index in [4.69, 9.17) is 0 Å². The molecule has 0 bridgehead atoms. The Labute approximate surface area is 109 Å². The normalized spacial score (nSPS) is 13.3. The van der Waals surface area contributed by atoms with Crippen LogP contribution in [0.1, 0.15) is 30.5 Å². The smallest absolute Gasteiger partial charge is 0.00576 e. The highest BCUT2D eigenvalue weighted by atomic mass is 14.2. The van der Waals surface area contributed by atoms with E-state index in [-0.39, 0.29) is 0 Å². The maximum atomic E-state index is 2.36. The molecule has 0 fully saturated rings. The van der Waals surface area contributed by atoms with E-state index < -0.39 is 0 Å². The zero-order valence-electron chi connectivity index (χ0n) is 11.0. The minimum absolute atomic E-state index is 1.12. The number of hydrogen-bond acceptors (Lipinski definition) is 0. The first-order chi connectivity index (χ1) is 8.79. The number of allylic oxidation sites excluding steroid dienone is 1. The van der Waals surface area contributed by atoms with E-state index in [0.29, 0.717) is 0 Å². The van der Waals surface area contributed by atoms with E-state index in [2.05, 4.69) is 62.4 Å². The minimum atomic E-state index is 1.12. The summed E-state index contributed by atoms with van der Waals surface area (Å²) in [6.45, 7) is 4.47. The summed E-state index contributed by atoms with van der Waals surface area (Å²) >= 11 is 0. The number of rotatable bonds is 2. The van der Waals surface area contributed by atoms with Gasteiger partial charge in [0.15, 0.2) is 0 Å². The highest BCUT2D eigenvalue weighted by Crippen LogP contribution is 2.36. The van der Waals surface area contributed by atoms with Gasteiger partial charge in [0.25, 0.3) is 0 Å². The summed E-state index contributed by atoms with van der Waals surface area (Å²) < 4.78 is 0. The van der Waals surface area contributed by atoms with Crippen molar-refractivity contribution in [2.24, 2.45) is 0 Å². The van der Waals surface area contributed by atoms with E-state index >= 15 is 0 Å². The molecule has 0 heteroatoms. The van der Waals surface area contributed by atoms with Crippen LogP contribution < -0.4 is 0 Å². The lowest BCUT2D eigenvalue weighted by Crippen LogP contribution is -1.94. The van der Waals surface area contributed by atoms with E-state index in [0.717, 1.165) is 12.8 Å². The van der Waals surface area contributed by atoms with E-state index in [1.165, 1.54) is 33.4 Å². The lowest BCUT2D eigenvalue weighted by atomic mass is 9.92.